The average Bonchev–Trinajstić information content (AvgIpc) is 3.01. The minimum Gasteiger partial charge on any atom is -0.382 e. The van der Waals surface area contributed by atoms with E-state index < -0.39 is 0 Å². The van der Waals surface area contributed by atoms with Gasteiger partial charge in [0.05, 0.1) is 19.8 Å². The van der Waals surface area contributed by atoms with Crippen molar-refractivity contribution in [1.29, 1.82) is 0 Å². The van der Waals surface area contributed by atoms with Crippen molar-refractivity contribution in [2.75, 3.05) is 46.6 Å². The van der Waals surface area contributed by atoms with Crippen molar-refractivity contribution < 1.29 is 28.7 Å². The first kappa shape index (κ1) is 28.0. The number of imide groups is 1. The topological polar surface area (TPSA) is 114 Å². The largest absolute Gasteiger partial charge is 0.382 e. The number of rotatable bonds is 19. The van der Waals surface area contributed by atoms with Crippen molar-refractivity contribution >= 4 is 23.6 Å². The molecule has 2 N–H and O–H groups in total. The lowest BCUT2D eigenvalue weighted by Gasteiger charge is -2.14. The van der Waals surface area contributed by atoms with Crippen molar-refractivity contribution in [3.05, 3.63) is 0 Å². The van der Waals surface area contributed by atoms with Crippen LogP contribution in [0, 0.1) is 5.92 Å². The van der Waals surface area contributed by atoms with E-state index in [-0.39, 0.29) is 48.9 Å². The van der Waals surface area contributed by atoms with Crippen LogP contribution in [-0.2, 0) is 28.7 Å². The Bertz CT molecular complexity index is 584. The summed E-state index contributed by atoms with van der Waals surface area (Å²) in [5.41, 5.74) is 0. The molecule has 9 heteroatoms. The first-order valence-electron chi connectivity index (χ1n) is 11.9. The van der Waals surface area contributed by atoms with E-state index in [4.69, 9.17) is 9.47 Å². The van der Waals surface area contributed by atoms with E-state index >= 15 is 0 Å². The van der Waals surface area contributed by atoms with E-state index in [0.717, 1.165) is 44.9 Å². The second-order valence-corrected chi connectivity index (χ2v) is 8.27. The summed E-state index contributed by atoms with van der Waals surface area (Å²) in [6.45, 7) is 4.68. The smallest absolute Gasteiger partial charge is 0.232 e. The maximum Gasteiger partial charge on any atom is 0.232 e. The van der Waals surface area contributed by atoms with Crippen LogP contribution in [-0.4, -0.2) is 75.1 Å². The summed E-state index contributed by atoms with van der Waals surface area (Å²) >= 11 is 0. The molecule has 1 aliphatic rings. The van der Waals surface area contributed by atoms with E-state index in [2.05, 4.69) is 10.6 Å². The van der Waals surface area contributed by atoms with Crippen LogP contribution in [0.2, 0.25) is 0 Å². The molecule has 0 bridgehead atoms. The Morgan fingerprint density at radius 1 is 0.875 bits per heavy atom. The molecule has 1 heterocycles. The zero-order valence-electron chi connectivity index (χ0n) is 19.8. The van der Waals surface area contributed by atoms with Crippen molar-refractivity contribution in [2.45, 2.75) is 71.1 Å². The number of ether oxygens (including phenoxy) is 2. The van der Waals surface area contributed by atoms with Crippen molar-refractivity contribution in [3.8, 4) is 0 Å². The van der Waals surface area contributed by atoms with E-state index in [1.54, 1.807) is 14.0 Å². The normalized spacial score (nSPS) is 15.9. The molecule has 0 aromatic rings. The number of amides is 4. The molecule has 1 aliphatic heterocycles. The van der Waals surface area contributed by atoms with Crippen molar-refractivity contribution in [3.63, 3.8) is 0 Å². The highest BCUT2D eigenvalue weighted by molar-refractivity contribution is 6.03. The summed E-state index contributed by atoms with van der Waals surface area (Å²) in [5, 5.41) is 5.70. The first-order chi connectivity index (χ1) is 15.5. The Hall–Kier alpha value is -2.00. The van der Waals surface area contributed by atoms with Gasteiger partial charge in [0.15, 0.2) is 0 Å². The number of nitrogens with zero attached hydrogens (tertiary/aromatic N) is 1. The van der Waals surface area contributed by atoms with Gasteiger partial charge in [0.1, 0.15) is 0 Å². The molecule has 9 nitrogen and oxygen atoms in total. The number of unbranched alkanes of at least 4 members (excludes halogenated alkanes) is 6. The van der Waals surface area contributed by atoms with E-state index in [1.807, 2.05) is 0 Å². The van der Waals surface area contributed by atoms with Gasteiger partial charge in [0.25, 0.3) is 0 Å². The summed E-state index contributed by atoms with van der Waals surface area (Å²) in [6.07, 6.45) is 8.21. The van der Waals surface area contributed by atoms with Crippen LogP contribution in [0.1, 0.15) is 71.1 Å². The molecule has 0 aliphatic carbocycles. The minimum atomic E-state index is -0.265. The van der Waals surface area contributed by atoms with Gasteiger partial charge in [-0.15, -0.1) is 0 Å². The van der Waals surface area contributed by atoms with Crippen LogP contribution in [0.15, 0.2) is 0 Å². The average molecular weight is 456 g/mol. The summed E-state index contributed by atoms with van der Waals surface area (Å²) in [5.74, 6) is -0.667. The molecule has 1 saturated heterocycles. The predicted molar refractivity (Wildman–Crippen MR) is 121 cm³/mol. The van der Waals surface area contributed by atoms with Crippen molar-refractivity contribution in [2.24, 2.45) is 5.92 Å². The summed E-state index contributed by atoms with van der Waals surface area (Å²) in [7, 11) is 1.63. The van der Waals surface area contributed by atoms with Crippen molar-refractivity contribution in [1.82, 2.24) is 15.5 Å². The van der Waals surface area contributed by atoms with Crippen LogP contribution < -0.4 is 10.6 Å². The molecular weight excluding hydrogens is 414 g/mol. The zero-order chi connectivity index (χ0) is 23.6. The summed E-state index contributed by atoms with van der Waals surface area (Å²) in [6, 6.07) is 0. The molecule has 184 valence electrons. The summed E-state index contributed by atoms with van der Waals surface area (Å²) in [4.78, 5) is 48.3. The van der Waals surface area contributed by atoms with Gasteiger partial charge in [-0.1, -0.05) is 39.0 Å². The maximum atomic E-state index is 11.9. The van der Waals surface area contributed by atoms with Crippen LogP contribution in [0.3, 0.4) is 0 Å². The van der Waals surface area contributed by atoms with Gasteiger partial charge in [0.2, 0.25) is 23.6 Å². The van der Waals surface area contributed by atoms with Crippen LogP contribution >= 0.6 is 0 Å². The molecule has 0 aromatic carbocycles. The molecule has 4 amide bonds. The minimum absolute atomic E-state index is 0.0732. The highest BCUT2D eigenvalue weighted by Gasteiger charge is 2.35. The number of hydrogen-bond acceptors (Lipinski definition) is 6. The van der Waals surface area contributed by atoms with Gasteiger partial charge in [0, 0.05) is 51.9 Å². The Morgan fingerprint density at radius 3 is 2.16 bits per heavy atom. The molecule has 0 aromatic heterocycles. The van der Waals surface area contributed by atoms with Gasteiger partial charge in [-0.05, 0) is 12.8 Å². The number of likely N-dealkylation sites (tertiary alicyclic amines) is 1. The van der Waals surface area contributed by atoms with E-state index in [1.165, 1.54) is 4.90 Å². The molecule has 32 heavy (non-hydrogen) atoms. The number of methoxy groups -OCH3 is 1. The fraction of sp³-hybridized carbons (Fsp3) is 0.826. The third-order valence-electron chi connectivity index (χ3n) is 5.44. The number of carbonyl (C=O) groups excluding carboxylic acids is 4. The Labute approximate surface area is 191 Å². The maximum absolute atomic E-state index is 11.9. The van der Waals surface area contributed by atoms with Gasteiger partial charge >= 0.3 is 0 Å². The number of nitrogens with one attached hydrogen (secondary N) is 2. The van der Waals surface area contributed by atoms with Gasteiger partial charge in [-0.25, -0.2) is 0 Å². The van der Waals surface area contributed by atoms with Gasteiger partial charge in [-0.3, -0.25) is 24.1 Å². The Balaban J connectivity index is 1.85. The van der Waals surface area contributed by atoms with Gasteiger partial charge < -0.3 is 20.1 Å². The second kappa shape index (κ2) is 17.5. The molecule has 1 fully saturated rings. The highest BCUT2D eigenvalue weighted by atomic mass is 16.5. The Kier molecular flexibility index (Phi) is 15.4. The SMILES string of the molecule is COCCOCCNC(=O)CCCCCCCCCNC(=O)CCN1C(=O)CC(C)C1=O. The molecule has 1 atom stereocenters. The monoisotopic (exact) mass is 455 g/mol. The lowest BCUT2D eigenvalue weighted by atomic mass is 10.1. The molecule has 0 saturated carbocycles. The zero-order valence-corrected chi connectivity index (χ0v) is 19.8. The first-order valence-corrected chi connectivity index (χ1v) is 11.9. The van der Waals surface area contributed by atoms with Crippen LogP contribution in [0.4, 0.5) is 0 Å². The third kappa shape index (κ3) is 12.8. The van der Waals surface area contributed by atoms with Gasteiger partial charge in [-0.2, -0.15) is 0 Å². The molecule has 0 radical (unpaired) electrons. The standard InChI is InChI=1S/C23H41N3O6/c1-19-18-22(29)26(23(19)30)14-11-21(28)24-12-9-7-5-3-4-6-8-10-20(27)25-13-15-32-17-16-31-2/h19H,3-18H2,1-2H3,(H,24,28)(H,25,27). The fourth-order valence-corrected chi connectivity index (χ4v) is 3.50. The molecular formula is C23H41N3O6. The number of carbonyl (C=O) groups is 4. The highest BCUT2D eigenvalue weighted by Crippen LogP contribution is 2.18. The quantitative estimate of drug-likeness (QED) is 0.227. The number of hydrogen-bond donors (Lipinski definition) is 2. The van der Waals surface area contributed by atoms with E-state index in [0.29, 0.717) is 39.3 Å². The third-order valence-corrected chi connectivity index (χ3v) is 5.44. The molecule has 1 unspecified atom stereocenters. The predicted octanol–water partition coefficient (Wildman–Crippen LogP) is 1.79. The van der Waals surface area contributed by atoms with Crippen LogP contribution in [0.25, 0.3) is 0 Å². The Morgan fingerprint density at radius 2 is 1.50 bits per heavy atom. The lowest BCUT2D eigenvalue weighted by Crippen LogP contribution is -2.35. The fourth-order valence-electron chi connectivity index (χ4n) is 3.50. The lowest BCUT2D eigenvalue weighted by molar-refractivity contribution is -0.139. The summed E-state index contributed by atoms with van der Waals surface area (Å²) < 4.78 is 10.2. The van der Waals surface area contributed by atoms with E-state index in [9.17, 15) is 19.2 Å². The molecule has 1 rings (SSSR count). The molecule has 0 spiro atoms. The van der Waals surface area contributed by atoms with Crippen LogP contribution in [0.5, 0.6) is 0 Å². The second-order valence-electron chi connectivity index (χ2n) is 8.27.